The van der Waals surface area contributed by atoms with E-state index in [4.69, 9.17) is 123 Å². The highest BCUT2D eigenvalue weighted by Gasteiger charge is 2.14. The van der Waals surface area contributed by atoms with Gasteiger partial charge in [-0.15, -0.1) is 0 Å². The predicted octanol–water partition coefficient (Wildman–Crippen LogP) is -11.5. The molecule has 0 aliphatic heterocycles. The molecule has 0 aliphatic rings. The van der Waals surface area contributed by atoms with Crippen LogP contribution in [0.1, 0.15) is 0 Å². The second kappa shape index (κ2) is 61.8. The van der Waals surface area contributed by atoms with E-state index in [1.54, 1.807) is 0 Å². The molecule has 0 unspecified atom stereocenters. The van der Waals surface area contributed by atoms with E-state index in [9.17, 15) is 19.2 Å². The number of aliphatic carboxylic acids is 4. The Morgan fingerprint density at radius 1 is 0.250 bits per heavy atom. The summed E-state index contributed by atoms with van der Waals surface area (Å²) in [5.41, 5.74) is 0. The number of aliphatic hydroxyl groups is 20. The van der Waals surface area contributed by atoms with Crippen molar-refractivity contribution >= 4 is 74.4 Å². The molecule has 60 heavy (non-hydrogen) atoms. The SMILES string of the molecule is O=C(O)CS.O=C(O)CS.O=C(O)CS.O=C(O)CS.OC[C@@H](O)[C@@H](O)CO.OC[C@@H](O)[C@@H](O)CO.OC[C@@H](O)[C@@H](O)CO.OC[C@@H](O)[C@@H](O)CO.OC[C@@H](O)[C@@H](O)CO. The van der Waals surface area contributed by atoms with Crippen molar-refractivity contribution in [3.05, 3.63) is 0 Å². The van der Waals surface area contributed by atoms with Crippen molar-refractivity contribution in [2.45, 2.75) is 61.0 Å². The molecule has 0 aromatic heterocycles. The van der Waals surface area contributed by atoms with Gasteiger partial charge in [0.1, 0.15) is 61.0 Å². The summed E-state index contributed by atoms with van der Waals surface area (Å²) in [4.78, 5) is 37.2. The summed E-state index contributed by atoms with van der Waals surface area (Å²) in [6.07, 6.45) is -12.2. The smallest absolute Gasteiger partial charge is 0.313 e. The maximum atomic E-state index is 9.29. The first-order chi connectivity index (χ1) is 27.7. The lowest BCUT2D eigenvalue weighted by molar-refractivity contribution is -0.134. The number of aliphatic hydroxyl groups excluding tert-OH is 20. The van der Waals surface area contributed by atoms with Gasteiger partial charge in [0, 0.05) is 0 Å². The molecule has 0 amide bonds. The molecule has 0 spiro atoms. The van der Waals surface area contributed by atoms with Crippen LogP contribution in [-0.4, -0.2) is 297 Å². The monoisotopic (exact) mass is 978 g/mol. The first kappa shape index (κ1) is 78.9. The van der Waals surface area contributed by atoms with Crippen LogP contribution in [0.3, 0.4) is 0 Å². The average Bonchev–Trinajstić information content (AvgIpc) is 3.27. The van der Waals surface area contributed by atoms with Crippen molar-refractivity contribution in [1.29, 1.82) is 0 Å². The molecule has 10 atom stereocenters. The number of carboxylic acid groups (broad SMARTS) is 4. The van der Waals surface area contributed by atoms with Crippen LogP contribution in [0.2, 0.25) is 0 Å². The lowest BCUT2D eigenvalue weighted by Crippen LogP contribution is -2.31. The fourth-order valence-corrected chi connectivity index (χ4v) is 1.22. The van der Waals surface area contributed by atoms with E-state index < -0.39 is 151 Å². The Kier molecular flexibility index (Phi) is 81.3. The predicted molar refractivity (Wildman–Crippen MR) is 217 cm³/mol. The molecular formula is C28H66O28S4. The van der Waals surface area contributed by atoms with Crippen LogP contribution in [0, 0.1) is 0 Å². The van der Waals surface area contributed by atoms with E-state index in [-0.39, 0.29) is 23.0 Å². The molecule has 0 saturated heterocycles. The highest BCUT2D eigenvalue weighted by Crippen LogP contribution is 1.91. The molecule has 0 aromatic carbocycles. The number of carboxylic acids is 4. The minimum atomic E-state index is -1.22. The zero-order chi connectivity index (χ0) is 50.0. The summed E-state index contributed by atoms with van der Waals surface area (Å²) < 4.78 is 0. The maximum Gasteiger partial charge on any atom is 0.313 e. The van der Waals surface area contributed by atoms with E-state index in [0.29, 0.717) is 0 Å². The van der Waals surface area contributed by atoms with Gasteiger partial charge in [-0.3, -0.25) is 19.2 Å². The number of thiol groups is 4. The van der Waals surface area contributed by atoms with Crippen molar-refractivity contribution in [2.24, 2.45) is 0 Å². The normalized spacial score (nSPS) is 14.5. The van der Waals surface area contributed by atoms with Gasteiger partial charge in [0.2, 0.25) is 0 Å². The molecule has 32 heteroatoms. The standard InChI is InChI=1S/5C4H10O4.4C2H4O2S/c5*5-1-3(7)4(8)2-6;4*3-2(4)1-5/h5*3-8H,1-2H2;4*5H,1H2,(H,3,4)/t5*3-,4+;;;;. The minimum Gasteiger partial charge on any atom is -0.481 e. The lowest BCUT2D eigenvalue weighted by Gasteiger charge is -2.10. The molecule has 0 radical (unpaired) electrons. The second-order valence-corrected chi connectivity index (χ2v) is 11.0. The highest BCUT2D eigenvalue weighted by molar-refractivity contribution is 7.81. The Bertz CT molecular complexity index is 700. The van der Waals surface area contributed by atoms with Gasteiger partial charge >= 0.3 is 23.9 Å². The molecule has 24 N–H and O–H groups in total. The third kappa shape index (κ3) is 80.5. The van der Waals surface area contributed by atoms with Crippen molar-refractivity contribution in [1.82, 2.24) is 0 Å². The second-order valence-electron chi connectivity index (χ2n) is 9.71. The van der Waals surface area contributed by atoms with E-state index >= 15 is 0 Å². The summed E-state index contributed by atoms with van der Waals surface area (Å²) in [6.45, 7) is -5.26. The van der Waals surface area contributed by atoms with Gasteiger partial charge in [-0.2, -0.15) is 50.5 Å². The summed E-state index contributed by atoms with van der Waals surface area (Å²) in [6, 6.07) is 0. The van der Waals surface area contributed by atoms with E-state index in [1.165, 1.54) is 0 Å². The van der Waals surface area contributed by atoms with Gasteiger partial charge in [-0.05, 0) is 0 Å². The number of carbonyl (C=O) groups is 4. The first-order valence-electron chi connectivity index (χ1n) is 15.9. The van der Waals surface area contributed by atoms with Crippen molar-refractivity contribution < 1.29 is 142 Å². The van der Waals surface area contributed by atoms with Crippen LogP contribution < -0.4 is 0 Å². The number of hydrogen-bond donors (Lipinski definition) is 28. The minimum absolute atomic E-state index is 0.0833. The molecule has 0 rings (SSSR count). The average molecular weight is 979 g/mol. The van der Waals surface area contributed by atoms with E-state index in [1.807, 2.05) is 0 Å². The Morgan fingerprint density at radius 2 is 0.300 bits per heavy atom. The Morgan fingerprint density at radius 3 is 0.317 bits per heavy atom. The van der Waals surface area contributed by atoms with E-state index in [2.05, 4.69) is 50.5 Å². The van der Waals surface area contributed by atoms with Gasteiger partial charge in [-0.25, -0.2) is 0 Å². The Hall–Kier alpha value is -1.52. The third-order valence-corrected chi connectivity index (χ3v) is 5.71. The molecule has 0 fully saturated rings. The molecule has 0 aliphatic carbocycles. The molecule has 28 nitrogen and oxygen atoms in total. The number of hydrogen-bond acceptors (Lipinski definition) is 28. The van der Waals surface area contributed by atoms with Crippen molar-refractivity contribution in [2.75, 3.05) is 89.1 Å². The van der Waals surface area contributed by atoms with Crippen LogP contribution >= 0.6 is 50.5 Å². The lowest BCUT2D eigenvalue weighted by atomic mass is 10.2. The summed E-state index contributed by atoms with van der Waals surface area (Å²) in [7, 11) is 0. The van der Waals surface area contributed by atoms with Gasteiger partial charge in [-0.1, -0.05) is 0 Å². The van der Waals surface area contributed by atoms with Gasteiger partial charge in [0.05, 0.1) is 89.1 Å². The first-order valence-corrected chi connectivity index (χ1v) is 18.4. The summed E-state index contributed by atoms with van der Waals surface area (Å²) >= 11 is 13.7. The maximum absolute atomic E-state index is 9.29. The third-order valence-electron chi connectivity index (χ3n) is 4.63. The van der Waals surface area contributed by atoms with Gasteiger partial charge < -0.3 is 123 Å². The summed E-state index contributed by atoms with van der Waals surface area (Å²) in [5, 5.41) is 196. The molecular weight excluding hydrogens is 913 g/mol. The largest absolute Gasteiger partial charge is 0.481 e. The topological polar surface area (TPSA) is 554 Å². The van der Waals surface area contributed by atoms with Gasteiger partial charge in [0.25, 0.3) is 0 Å². The highest BCUT2D eigenvalue weighted by atomic mass is 32.1. The van der Waals surface area contributed by atoms with E-state index in [0.717, 1.165) is 0 Å². The Labute approximate surface area is 365 Å². The van der Waals surface area contributed by atoms with Crippen LogP contribution in [0.4, 0.5) is 0 Å². The van der Waals surface area contributed by atoms with Crippen molar-refractivity contribution in [3.63, 3.8) is 0 Å². The fraction of sp³-hybridized carbons (Fsp3) is 0.857. The fourth-order valence-electron chi connectivity index (χ4n) is 1.22. The molecule has 370 valence electrons. The Balaban J connectivity index is -0.0000000702. The quantitative estimate of drug-likeness (QED) is 0.0534. The zero-order valence-electron chi connectivity index (χ0n) is 31.8. The van der Waals surface area contributed by atoms with Crippen LogP contribution in [-0.2, 0) is 19.2 Å². The van der Waals surface area contributed by atoms with Crippen LogP contribution in [0.25, 0.3) is 0 Å². The molecule has 0 bridgehead atoms. The zero-order valence-corrected chi connectivity index (χ0v) is 35.4. The summed E-state index contributed by atoms with van der Waals surface area (Å²) in [5.74, 6) is -3.86. The number of rotatable bonds is 19. The molecule has 0 aromatic rings. The van der Waals surface area contributed by atoms with Crippen LogP contribution in [0.5, 0.6) is 0 Å². The molecule has 0 saturated carbocycles. The molecule has 0 heterocycles. The van der Waals surface area contributed by atoms with Gasteiger partial charge in [0.15, 0.2) is 0 Å². The van der Waals surface area contributed by atoms with Crippen LogP contribution in [0.15, 0.2) is 0 Å². The van der Waals surface area contributed by atoms with Crippen molar-refractivity contribution in [3.8, 4) is 0 Å².